The number of aliphatic imine (C=N–C) groups is 1. The fourth-order valence-corrected chi connectivity index (χ4v) is 3.63. The van der Waals surface area contributed by atoms with Gasteiger partial charge in [-0.15, -0.1) is 0 Å². The second-order valence-corrected chi connectivity index (χ2v) is 6.49. The Kier molecular flexibility index (Phi) is 4.18. The Morgan fingerprint density at radius 2 is 2.00 bits per heavy atom. The van der Waals surface area contributed by atoms with Gasteiger partial charge in [-0.3, -0.25) is 9.89 Å². The first-order valence-corrected chi connectivity index (χ1v) is 8.57. The number of ether oxygens (including phenoxy) is 1. The van der Waals surface area contributed by atoms with Gasteiger partial charge in [0, 0.05) is 24.2 Å². The van der Waals surface area contributed by atoms with E-state index in [0.717, 1.165) is 35.1 Å². The van der Waals surface area contributed by atoms with Crippen LogP contribution in [-0.4, -0.2) is 52.5 Å². The lowest BCUT2D eigenvalue weighted by molar-refractivity contribution is -0.113. The Morgan fingerprint density at radius 3 is 2.79 bits per heavy atom. The third kappa shape index (κ3) is 3.00. The van der Waals surface area contributed by atoms with Crippen LogP contribution < -0.4 is 0 Å². The predicted octanol–water partition coefficient (Wildman–Crippen LogP) is 2.38. The monoisotopic (exact) mass is 340 g/mol. The maximum Gasteiger partial charge on any atom is 0.286 e. The van der Waals surface area contributed by atoms with E-state index in [0.29, 0.717) is 18.1 Å². The van der Waals surface area contributed by atoms with Gasteiger partial charge in [0.15, 0.2) is 5.17 Å². The molecule has 1 N–H and O–H groups in total. The van der Waals surface area contributed by atoms with Crippen molar-refractivity contribution < 1.29 is 9.53 Å². The minimum absolute atomic E-state index is 0.193. The average Bonchev–Trinajstić information content (AvgIpc) is 3.24. The number of hydrogen-bond acceptors (Lipinski definition) is 5. The lowest BCUT2D eigenvalue weighted by atomic mass is 10.1. The summed E-state index contributed by atoms with van der Waals surface area (Å²) in [7, 11) is 0. The Labute approximate surface area is 143 Å². The quantitative estimate of drug-likeness (QED) is 0.850. The van der Waals surface area contributed by atoms with Crippen LogP contribution in [0.2, 0.25) is 0 Å². The first kappa shape index (κ1) is 15.2. The molecule has 2 aliphatic rings. The number of morpholine rings is 1. The van der Waals surface area contributed by atoms with Gasteiger partial charge >= 0.3 is 0 Å². The Hall–Kier alpha value is -2.38. The number of carbonyl (C=O) groups is 1. The van der Waals surface area contributed by atoms with Gasteiger partial charge in [-0.2, -0.15) is 10.1 Å². The van der Waals surface area contributed by atoms with E-state index in [1.54, 1.807) is 6.20 Å². The van der Waals surface area contributed by atoms with Crippen LogP contribution in [0, 0.1) is 0 Å². The van der Waals surface area contributed by atoms with Gasteiger partial charge in [0.1, 0.15) is 0 Å². The summed E-state index contributed by atoms with van der Waals surface area (Å²) in [6.07, 6.45) is 3.59. The molecule has 2 aliphatic heterocycles. The molecule has 0 atom stereocenters. The van der Waals surface area contributed by atoms with E-state index in [1.807, 2.05) is 36.4 Å². The highest BCUT2D eigenvalue weighted by Crippen LogP contribution is 2.32. The predicted molar refractivity (Wildman–Crippen MR) is 94.4 cm³/mol. The lowest BCUT2D eigenvalue weighted by Crippen LogP contribution is -2.38. The van der Waals surface area contributed by atoms with Gasteiger partial charge in [-0.25, -0.2) is 0 Å². The average molecular weight is 340 g/mol. The zero-order chi connectivity index (χ0) is 16.4. The van der Waals surface area contributed by atoms with E-state index in [2.05, 4.69) is 20.1 Å². The van der Waals surface area contributed by atoms with E-state index < -0.39 is 0 Å². The highest BCUT2D eigenvalue weighted by atomic mass is 32.2. The number of aromatic nitrogens is 2. The van der Waals surface area contributed by atoms with Crippen LogP contribution in [-0.2, 0) is 9.53 Å². The second-order valence-electron chi connectivity index (χ2n) is 5.48. The van der Waals surface area contributed by atoms with Crippen LogP contribution in [0.3, 0.4) is 0 Å². The maximum absolute atomic E-state index is 12.2. The first-order chi connectivity index (χ1) is 11.8. The van der Waals surface area contributed by atoms with Gasteiger partial charge < -0.3 is 9.64 Å². The summed E-state index contributed by atoms with van der Waals surface area (Å²) in [6.45, 7) is 2.89. The Morgan fingerprint density at radius 1 is 1.21 bits per heavy atom. The van der Waals surface area contributed by atoms with E-state index in [-0.39, 0.29) is 5.91 Å². The lowest BCUT2D eigenvalue weighted by Gasteiger charge is -2.27. The largest absolute Gasteiger partial charge is 0.378 e. The minimum Gasteiger partial charge on any atom is -0.378 e. The fraction of sp³-hybridized carbons (Fsp3) is 0.235. The number of H-pyrrole nitrogens is 1. The van der Waals surface area contributed by atoms with Crippen LogP contribution in [0.15, 0.2) is 46.4 Å². The van der Waals surface area contributed by atoms with E-state index in [1.165, 1.54) is 11.8 Å². The highest BCUT2D eigenvalue weighted by Gasteiger charge is 2.27. The van der Waals surface area contributed by atoms with Crippen molar-refractivity contribution in [3.63, 3.8) is 0 Å². The summed E-state index contributed by atoms with van der Waals surface area (Å²) in [5, 5.41) is 7.89. The summed E-state index contributed by atoms with van der Waals surface area (Å²) in [5.74, 6) is -0.193. The number of aromatic amines is 1. The summed E-state index contributed by atoms with van der Waals surface area (Å²) in [6, 6.07) is 9.94. The third-order valence-electron chi connectivity index (χ3n) is 3.91. The van der Waals surface area contributed by atoms with Crippen molar-refractivity contribution in [3.8, 4) is 11.3 Å². The SMILES string of the molecule is O=C1N=C(N2CCOCC2)SC1=Cc1cn[nH]c1-c1ccccc1. The van der Waals surface area contributed by atoms with Crippen molar-refractivity contribution in [2.75, 3.05) is 26.3 Å². The summed E-state index contributed by atoms with van der Waals surface area (Å²) < 4.78 is 5.35. The number of rotatable bonds is 2. The van der Waals surface area contributed by atoms with Gasteiger partial charge in [-0.05, 0) is 17.8 Å². The summed E-state index contributed by atoms with van der Waals surface area (Å²) in [5.41, 5.74) is 2.82. The molecule has 122 valence electrons. The van der Waals surface area contributed by atoms with Crippen molar-refractivity contribution >= 4 is 28.9 Å². The van der Waals surface area contributed by atoms with E-state index in [4.69, 9.17) is 4.74 Å². The zero-order valence-corrected chi connectivity index (χ0v) is 13.8. The maximum atomic E-state index is 12.2. The van der Waals surface area contributed by atoms with Crippen molar-refractivity contribution in [2.24, 2.45) is 4.99 Å². The van der Waals surface area contributed by atoms with Crippen LogP contribution >= 0.6 is 11.8 Å². The molecule has 7 heteroatoms. The third-order valence-corrected chi connectivity index (χ3v) is 4.95. The van der Waals surface area contributed by atoms with Crippen LogP contribution in [0.25, 0.3) is 17.3 Å². The molecule has 2 aromatic rings. The van der Waals surface area contributed by atoms with Crippen molar-refractivity contribution in [1.29, 1.82) is 0 Å². The highest BCUT2D eigenvalue weighted by molar-refractivity contribution is 8.18. The van der Waals surface area contributed by atoms with Gasteiger partial charge in [0.05, 0.1) is 30.0 Å². The number of hydrogen-bond donors (Lipinski definition) is 1. The molecule has 3 heterocycles. The molecule has 0 spiro atoms. The van der Waals surface area contributed by atoms with E-state index in [9.17, 15) is 4.79 Å². The van der Waals surface area contributed by atoms with Gasteiger partial charge in [0.25, 0.3) is 5.91 Å². The smallest absolute Gasteiger partial charge is 0.286 e. The van der Waals surface area contributed by atoms with E-state index >= 15 is 0 Å². The number of amides is 1. The molecule has 0 saturated carbocycles. The normalized spacial score (nSPS) is 19.8. The molecule has 1 fully saturated rings. The number of amidine groups is 1. The standard InChI is InChI=1S/C17H16N4O2S/c22-16-14(24-17(19-16)21-6-8-23-9-7-21)10-13-11-18-20-15(13)12-4-2-1-3-5-12/h1-5,10-11H,6-9H2,(H,18,20). The zero-order valence-electron chi connectivity index (χ0n) is 12.9. The molecule has 0 bridgehead atoms. The molecule has 0 unspecified atom stereocenters. The minimum atomic E-state index is -0.193. The van der Waals surface area contributed by atoms with Gasteiger partial charge in [0.2, 0.25) is 0 Å². The summed E-state index contributed by atoms with van der Waals surface area (Å²) >= 11 is 1.42. The fourth-order valence-electron chi connectivity index (χ4n) is 2.67. The topological polar surface area (TPSA) is 70.6 Å². The molecule has 1 aromatic carbocycles. The molecule has 4 rings (SSSR count). The molecule has 1 amide bonds. The summed E-state index contributed by atoms with van der Waals surface area (Å²) in [4.78, 5) is 19.1. The number of benzene rings is 1. The molecular formula is C17H16N4O2S. The number of carbonyl (C=O) groups excluding carboxylic acids is 1. The number of thioether (sulfide) groups is 1. The van der Waals surface area contributed by atoms with Crippen LogP contribution in [0.1, 0.15) is 5.56 Å². The van der Waals surface area contributed by atoms with Crippen molar-refractivity contribution in [1.82, 2.24) is 15.1 Å². The molecule has 1 saturated heterocycles. The Balaban J connectivity index is 1.57. The molecule has 0 aliphatic carbocycles. The van der Waals surface area contributed by atoms with Crippen molar-refractivity contribution in [2.45, 2.75) is 0 Å². The molecular weight excluding hydrogens is 324 g/mol. The first-order valence-electron chi connectivity index (χ1n) is 7.75. The molecule has 0 radical (unpaired) electrons. The van der Waals surface area contributed by atoms with Crippen LogP contribution in [0.4, 0.5) is 0 Å². The Bertz CT molecular complexity index is 807. The molecule has 6 nitrogen and oxygen atoms in total. The van der Waals surface area contributed by atoms with Gasteiger partial charge in [-0.1, -0.05) is 30.3 Å². The second kappa shape index (κ2) is 6.62. The number of nitrogens with one attached hydrogen (secondary N) is 1. The molecule has 24 heavy (non-hydrogen) atoms. The van der Waals surface area contributed by atoms with Crippen molar-refractivity contribution in [3.05, 3.63) is 47.0 Å². The molecule has 1 aromatic heterocycles. The number of nitrogens with zero attached hydrogens (tertiary/aromatic N) is 3. The van der Waals surface area contributed by atoms with Crippen LogP contribution in [0.5, 0.6) is 0 Å².